The van der Waals surface area contributed by atoms with Crippen molar-refractivity contribution >= 4 is 5.91 Å². The first-order chi connectivity index (χ1) is 9.67. The molecule has 0 saturated heterocycles. The molecule has 104 valence electrons. The number of aromatic nitrogens is 2. The van der Waals surface area contributed by atoms with Crippen LogP contribution in [0.5, 0.6) is 0 Å². The van der Waals surface area contributed by atoms with Crippen LogP contribution >= 0.6 is 0 Å². The van der Waals surface area contributed by atoms with Crippen molar-refractivity contribution in [2.75, 3.05) is 0 Å². The molecule has 0 bridgehead atoms. The van der Waals surface area contributed by atoms with Crippen molar-refractivity contribution in [3.8, 4) is 0 Å². The van der Waals surface area contributed by atoms with Gasteiger partial charge in [-0.15, -0.1) is 0 Å². The minimum atomic E-state index is -0.0229. The predicted octanol–water partition coefficient (Wildman–Crippen LogP) is 2.11. The van der Waals surface area contributed by atoms with Crippen LogP contribution in [0.1, 0.15) is 34.2 Å². The molecule has 3 rings (SSSR count). The molecular weight excluding hydrogens is 250 g/mol. The Morgan fingerprint density at radius 2 is 2.00 bits per heavy atom. The molecule has 4 nitrogen and oxygen atoms in total. The number of aryl methyl sites for hydroxylation is 2. The third-order valence-electron chi connectivity index (χ3n) is 3.82. The van der Waals surface area contributed by atoms with Crippen molar-refractivity contribution in [2.45, 2.75) is 39.3 Å². The number of nitrogens with zero attached hydrogens (tertiary/aromatic N) is 2. The van der Waals surface area contributed by atoms with E-state index in [1.807, 2.05) is 19.9 Å². The smallest absolute Gasteiger partial charge is 0.269 e. The van der Waals surface area contributed by atoms with Gasteiger partial charge in [-0.05, 0) is 43.9 Å². The summed E-state index contributed by atoms with van der Waals surface area (Å²) >= 11 is 0. The fraction of sp³-hybridized carbons (Fsp3) is 0.375. The van der Waals surface area contributed by atoms with Gasteiger partial charge in [0.25, 0.3) is 5.91 Å². The van der Waals surface area contributed by atoms with Crippen LogP contribution in [0.4, 0.5) is 0 Å². The first kappa shape index (κ1) is 12.9. The Kier molecular flexibility index (Phi) is 3.30. The largest absolute Gasteiger partial charge is 0.347 e. The van der Waals surface area contributed by atoms with Crippen LogP contribution in [-0.2, 0) is 19.4 Å². The number of hydrogen-bond donors (Lipinski definition) is 1. The van der Waals surface area contributed by atoms with Crippen LogP contribution < -0.4 is 5.32 Å². The van der Waals surface area contributed by atoms with E-state index in [1.54, 1.807) is 4.68 Å². The number of amides is 1. The highest BCUT2D eigenvalue weighted by Crippen LogP contribution is 2.21. The van der Waals surface area contributed by atoms with Crippen molar-refractivity contribution in [3.63, 3.8) is 0 Å². The summed E-state index contributed by atoms with van der Waals surface area (Å²) in [7, 11) is 0. The maximum Gasteiger partial charge on any atom is 0.269 e. The molecule has 4 heteroatoms. The topological polar surface area (TPSA) is 46.9 Å². The number of nitrogens with one attached hydrogen (secondary N) is 1. The summed E-state index contributed by atoms with van der Waals surface area (Å²) < 4.78 is 1.76. The Balaban J connectivity index is 1.72. The molecule has 1 aromatic carbocycles. The highest BCUT2D eigenvalue weighted by Gasteiger charge is 2.24. The molecule has 0 spiro atoms. The summed E-state index contributed by atoms with van der Waals surface area (Å²) in [5, 5.41) is 7.45. The molecule has 0 atom stereocenters. The summed E-state index contributed by atoms with van der Waals surface area (Å²) in [5.41, 5.74) is 4.23. The molecule has 0 unspecified atom stereocenters. The lowest BCUT2D eigenvalue weighted by atomic mass is 10.1. The molecule has 1 aliphatic carbocycles. The van der Waals surface area contributed by atoms with Crippen LogP contribution in [0, 0.1) is 6.92 Å². The quantitative estimate of drug-likeness (QED) is 0.927. The standard InChI is InChI=1S/C16H19N3O/c1-3-19-15(8-11(2)18-19)16(20)17-14-9-12-6-4-5-7-13(12)10-14/h4-8,14H,3,9-10H2,1-2H3,(H,17,20). The lowest BCUT2D eigenvalue weighted by Crippen LogP contribution is -2.36. The van der Waals surface area contributed by atoms with Gasteiger partial charge in [0.1, 0.15) is 5.69 Å². The number of hydrogen-bond acceptors (Lipinski definition) is 2. The highest BCUT2D eigenvalue weighted by atomic mass is 16.2. The van der Waals surface area contributed by atoms with Crippen LogP contribution in [0.25, 0.3) is 0 Å². The van der Waals surface area contributed by atoms with E-state index < -0.39 is 0 Å². The van der Waals surface area contributed by atoms with Crippen LogP contribution in [-0.4, -0.2) is 21.7 Å². The van der Waals surface area contributed by atoms with Gasteiger partial charge in [0, 0.05) is 12.6 Å². The van der Waals surface area contributed by atoms with Gasteiger partial charge in [-0.1, -0.05) is 24.3 Å². The average Bonchev–Trinajstić information content (AvgIpc) is 3.00. The zero-order chi connectivity index (χ0) is 14.1. The van der Waals surface area contributed by atoms with E-state index in [-0.39, 0.29) is 11.9 Å². The van der Waals surface area contributed by atoms with Crippen molar-refractivity contribution in [2.24, 2.45) is 0 Å². The van der Waals surface area contributed by atoms with Crippen LogP contribution in [0.2, 0.25) is 0 Å². The summed E-state index contributed by atoms with van der Waals surface area (Å²) in [5.74, 6) is -0.0229. The second-order valence-corrected chi connectivity index (χ2v) is 5.33. The third-order valence-corrected chi connectivity index (χ3v) is 3.82. The van der Waals surface area contributed by atoms with Gasteiger partial charge >= 0.3 is 0 Å². The van der Waals surface area contributed by atoms with E-state index >= 15 is 0 Å². The maximum absolute atomic E-state index is 12.4. The van der Waals surface area contributed by atoms with Crippen molar-refractivity contribution < 1.29 is 4.79 Å². The molecule has 0 fully saturated rings. The molecule has 1 N–H and O–H groups in total. The van der Waals surface area contributed by atoms with E-state index in [1.165, 1.54) is 11.1 Å². The Morgan fingerprint density at radius 1 is 1.35 bits per heavy atom. The molecule has 0 aliphatic heterocycles. The average molecular weight is 269 g/mol. The second-order valence-electron chi connectivity index (χ2n) is 5.33. The predicted molar refractivity (Wildman–Crippen MR) is 77.7 cm³/mol. The van der Waals surface area contributed by atoms with E-state index in [9.17, 15) is 4.79 Å². The Hall–Kier alpha value is -2.10. The minimum Gasteiger partial charge on any atom is -0.347 e. The zero-order valence-electron chi connectivity index (χ0n) is 11.9. The molecule has 1 aromatic heterocycles. The summed E-state index contributed by atoms with van der Waals surface area (Å²) in [6, 6.07) is 10.4. The fourth-order valence-corrected chi connectivity index (χ4v) is 2.89. The molecule has 0 saturated carbocycles. The van der Waals surface area contributed by atoms with Gasteiger partial charge < -0.3 is 5.32 Å². The zero-order valence-corrected chi connectivity index (χ0v) is 11.9. The number of carbonyl (C=O) groups is 1. The highest BCUT2D eigenvalue weighted by molar-refractivity contribution is 5.93. The van der Waals surface area contributed by atoms with E-state index in [0.717, 1.165) is 18.5 Å². The molecular formula is C16H19N3O. The lowest BCUT2D eigenvalue weighted by molar-refractivity contribution is 0.0928. The van der Waals surface area contributed by atoms with Gasteiger partial charge in [0.05, 0.1) is 5.69 Å². The number of fused-ring (bicyclic) bond motifs is 1. The van der Waals surface area contributed by atoms with E-state index in [4.69, 9.17) is 0 Å². The molecule has 0 radical (unpaired) electrons. The fourth-order valence-electron chi connectivity index (χ4n) is 2.89. The molecule has 2 aromatic rings. The summed E-state index contributed by atoms with van der Waals surface area (Å²) in [4.78, 5) is 12.4. The minimum absolute atomic E-state index is 0.0229. The summed E-state index contributed by atoms with van der Waals surface area (Å²) in [6.07, 6.45) is 1.84. The second kappa shape index (κ2) is 5.12. The van der Waals surface area contributed by atoms with Gasteiger partial charge in [-0.25, -0.2) is 0 Å². The first-order valence-electron chi connectivity index (χ1n) is 7.09. The van der Waals surface area contributed by atoms with Gasteiger partial charge in [0.2, 0.25) is 0 Å². The van der Waals surface area contributed by atoms with Gasteiger partial charge in [0.15, 0.2) is 0 Å². The Morgan fingerprint density at radius 3 is 2.60 bits per heavy atom. The van der Waals surface area contributed by atoms with E-state index in [2.05, 4.69) is 34.7 Å². The number of rotatable bonds is 3. The molecule has 1 amide bonds. The molecule has 20 heavy (non-hydrogen) atoms. The molecule has 1 heterocycles. The lowest BCUT2D eigenvalue weighted by Gasteiger charge is -2.12. The molecule has 1 aliphatic rings. The summed E-state index contributed by atoms with van der Waals surface area (Å²) in [6.45, 7) is 4.62. The van der Waals surface area contributed by atoms with Crippen LogP contribution in [0.15, 0.2) is 30.3 Å². The Bertz CT molecular complexity index is 620. The van der Waals surface area contributed by atoms with Crippen molar-refractivity contribution in [1.82, 2.24) is 15.1 Å². The number of carbonyl (C=O) groups excluding carboxylic acids is 1. The van der Waals surface area contributed by atoms with Crippen molar-refractivity contribution in [3.05, 3.63) is 52.8 Å². The normalized spacial score (nSPS) is 14.3. The van der Waals surface area contributed by atoms with Gasteiger partial charge in [-0.3, -0.25) is 9.48 Å². The van der Waals surface area contributed by atoms with Crippen molar-refractivity contribution in [1.29, 1.82) is 0 Å². The van der Waals surface area contributed by atoms with Crippen LogP contribution in [0.3, 0.4) is 0 Å². The van der Waals surface area contributed by atoms with E-state index in [0.29, 0.717) is 12.2 Å². The first-order valence-corrected chi connectivity index (χ1v) is 7.09. The monoisotopic (exact) mass is 269 g/mol. The Labute approximate surface area is 118 Å². The maximum atomic E-state index is 12.4. The third kappa shape index (κ3) is 2.33. The number of benzene rings is 1. The van der Waals surface area contributed by atoms with Gasteiger partial charge in [-0.2, -0.15) is 5.10 Å². The SMILES string of the molecule is CCn1nc(C)cc1C(=O)NC1Cc2ccccc2C1.